The summed E-state index contributed by atoms with van der Waals surface area (Å²) in [6.07, 6.45) is -0.939. The van der Waals surface area contributed by atoms with E-state index in [0.29, 0.717) is 16.3 Å². The minimum Gasteiger partial charge on any atom is -0.491 e. The standard InChI is InChI=1S/C14H12ClNO4/c15-11-4-6-13(7-5-11)20-9-14(17)10-2-1-3-12(8-10)16(18)19/h1-8,14,17H,9H2. The molecule has 0 aliphatic carbocycles. The first-order valence-electron chi connectivity index (χ1n) is 5.87. The minimum absolute atomic E-state index is 0.00278. The van der Waals surface area contributed by atoms with Gasteiger partial charge in [0.2, 0.25) is 0 Å². The molecule has 0 amide bonds. The number of hydrogen-bond donors (Lipinski definition) is 1. The molecule has 1 unspecified atom stereocenters. The van der Waals surface area contributed by atoms with Crippen LogP contribution >= 0.6 is 11.6 Å². The Morgan fingerprint density at radius 3 is 2.60 bits per heavy atom. The molecule has 0 radical (unpaired) electrons. The molecule has 0 saturated carbocycles. The highest BCUT2D eigenvalue weighted by Gasteiger charge is 2.13. The van der Waals surface area contributed by atoms with Crippen LogP contribution in [-0.2, 0) is 0 Å². The maximum absolute atomic E-state index is 10.7. The fourth-order valence-corrected chi connectivity index (χ4v) is 1.77. The van der Waals surface area contributed by atoms with Gasteiger partial charge in [0, 0.05) is 17.2 Å². The molecule has 0 spiro atoms. The molecule has 2 rings (SSSR count). The van der Waals surface area contributed by atoms with Gasteiger partial charge in [-0.2, -0.15) is 0 Å². The van der Waals surface area contributed by atoms with E-state index in [1.807, 2.05) is 0 Å². The van der Waals surface area contributed by atoms with Crippen molar-refractivity contribution in [2.45, 2.75) is 6.10 Å². The van der Waals surface area contributed by atoms with Crippen molar-refractivity contribution in [3.05, 3.63) is 69.2 Å². The van der Waals surface area contributed by atoms with Gasteiger partial charge in [-0.1, -0.05) is 23.7 Å². The first-order valence-corrected chi connectivity index (χ1v) is 6.25. The number of non-ortho nitro benzene ring substituents is 1. The van der Waals surface area contributed by atoms with Gasteiger partial charge in [0.25, 0.3) is 5.69 Å². The molecule has 0 fully saturated rings. The molecule has 20 heavy (non-hydrogen) atoms. The molecule has 0 aliphatic rings. The van der Waals surface area contributed by atoms with Gasteiger partial charge in [-0.25, -0.2) is 0 Å². The smallest absolute Gasteiger partial charge is 0.269 e. The highest BCUT2D eigenvalue weighted by molar-refractivity contribution is 6.30. The van der Waals surface area contributed by atoms with Crippen LogP contribution in [0.25, 0.3) is 0 Å². The third-order valence-electron chi connectivity index (χ3n) is 2.69. The largest absolute Gasteiger partial charge is 0.491 e. The Balaban J connectivity index is 2.01. The summed E-state index contributed by atoms with van der Waals surface area (Å²) >= 11 is 5.75. The van der Waals surface area contributed by atoms with Gasteiger partial charge in [0.05, 0.1) is 4.92 Å². The van der Waals surface area contributed by atoms with E-state index >= 15 is 0 Å². The van der Waals surface area contributed by atoms with Crippen LogP contribution in [0, 0.1) is 10.1 Å². The number of ether oxygens (including phenoxy) is 1. The Morgan fingerprint density at radius 1 is 1.25 bits per heavy atom. The molecule has 0 aliphatic heterocycles. The normalized spacial score (nSPS) is 11.9. The molecule has 104 valence electrons. The van der Waals surface area contributed by atoms with Crippen LogP contribution in [0.4, 0.5) is 5.69 Å². The fourth-order valence-electron chi connectivity index (χ4n) is 1.65. The quantitative estimate of drug-likeness (QED) is 0.677. The summed E-state index contributed by atoms with van der Waals surface area (Å²) in [5, 5.41) is 21.2. The first kappa shape index (κ1) is 14.3. The van der Waals surface area contributed by atoms with Crippen molar-refractivity contribution >= 4 is 17.3 Å². The van der Waals surface area contributed by atoms with Crippen molar-refractivity contribution < 1.29 is 14.8 Å². The SMILES string of the molecule is O=[N+]([O-])c1cccc(C(O)COc2ccc(Cl)cc2)c1. The molecule has 0 aromatic heterocycles. The number of nitro groups is 1. The lowest BCUT2D eigenvalue weighted by molar-refractivity contribution is -0.385. The van der Waals surface area contributed by atoms with Gasteiger partial charge in [-0.15, -0.1) is 0 Å². The number of nitrogens with zero attached hydrogens (tertiary/aromatic N) is 1. The Morgan fingerprint density at radius 2 is 1.95 bits per heavy atom. The number of aliphatic hydroxyl groups is 1. The Bertz CT molecular complexity index is 600. The van der Waals surface area contributed by atoms with E-state index in [9.17, 15) is 15.2 Å². The van der Waals surface area contributed by atoms with Crippen LogP contribution in [0.15, 0.2) is 48.5 Å². The lowest BCUT2D eigenvalue weighted by Crippen LogP contribution is -2.09. The second-order valence-corrected chi connectivity index (χ2v) is 4.57. The number of halogens is 1. The monoisotopic (exact) mass is 293 g/mol. The van der Waals surface area contributed by atoms with Crippen LogP contribution < -0.4 is 4.74 Å². The van der Waals surface area contributed by atoms with Gasteiger partial charge in [-0.3, -0.25) is 10.1 Å². The van der Waals surface area contributed by atoms with E-state index in [-0.39, 0.29) is 12.3 Å². The summed E-state index contributed by atoms with van der Waals surface area (Å²) in [5.41, 5.74) is 0.376. The van der Waals surface area contributed by atoms with E-state index in [1.54, 1.807) is 30.3 Å². The molecular weight excluding hydrogens is 282 g/mol. The van der Waals surface area contributed by atoms with Crippen molar-refractivity contribution in [3.8, 4) is 5.75 Å². The lowest BCUT2D eigenvalue weighted by atomic mass is 10.1. The molecule has 2 aromatic rings. The van der Waals surface area contributed by atoms with Crippen LogP contribution in [0.2, 0.25) is 5.02 Å². The molecule has 6 heteroatoms. The summed E-state index contributed by atoms with van der Waals surface area (Å²) in [4.78, 5) is 10.2. The third-order valence-corrected chi connectivity index (χ3v) is 2.94. The van der Waals surface area contributed by atoms with Crippen LogP contribution in [0.5, 0.6) is 5.75 Å². The van der Waals surface area contributed by atoms with Crippen LogP contribution in [0.3, 0.4) is 0 Å². The van der Waals surface area contributed by atoms with Crippen molar-refractivity contribution in [3.63, 3.8) is 0 Å². The van der Waals surface area contributed by atoms with Crippen molar-refractivity contribution in [2.75, 3.05) is 6.61 Å². The third kappa shape index (κ3) is 3.69. The van der Waals surface area contributed by atoms with Gasteiger partial charge in [0.15, 0.2) is 0 Å². The molecule has 5 nitrogen and oxygen atoms in total. The number of rotatable bonds is 5. The Labute approximate surface area is 120 Å². The van der Waals surface area contributed by atoms with E-state index in [4.69, 9.17) is 16.3 Å². The molecular formula is C14H12ClNO4. The minimum atomic E-state index is -0.939. The average molecular weight is 294 g/mol. The molecule has 0 heterocycles. The molecule has 0 saturated heterocycles. The fraction of sp³-hybridized carbons (Fsp3) is 0.143. The van der Waals surface area contributed by atoms with Crippen molar-refractivity contribution in [1.29, 1.82) is 0 Å². The average Bonchev–Trinajstić information content (AvgIpc) is 2.46. The van der Waals surface area contributed by atoms with Gasteiger partial charge >= 0.3 is 0 Å². The van der Waals surface area contributed by atoms with Crippen molar-refractivity contribution in [2.24, 2.45) is 0 Å². The van der Waals surface area contributed by atoms with E-state index in [2.05, 4.69) is 0 Å². The Hall–Kier alpha value is -2.11. The maximum atomic E-state index is 10.7. The van der Waals surface area contributed by atoms with Gasteiger partial charge in [-0.05, 0) is 29.8 Å². The van der Waals surface area contributed by atoms with E-state index < -0.39 is 11.0 Å². The van der Waals surface area contributed by atoms with Crippen molar-refractivity contribution in [1.82, 2.24) is 0 Å². The lowest BCUT2D eigenvalue weighted by Gasteiger charge is -2.12. The number of aliphatic hydroxyl groups excluding tert-OH is 1. The number of hydrogen-bond acceptors (Lipinski definition) is 4. The van der Waals surface area contributed by atoms with E-state index in [1.165, 1.54) is 18.2 Å². The second-order valence-electron chi connectivity index (χ2n) is 4.13. The topological polar surface area (TPSA) is 72.6 Å². The highest BCUT2D eigenvalue weighted by atomic mass is 35.5. The maximum Gasteiger partial charge on any atom is 0.269 e. The first-order chi connectivity index (χ1) is 9.56. The summed E-state index contributed by atoms with van der Waals surface area (Å²) in [6, 6.07) is 12.6. The summed E-state index contributed by atoms with van der Waals surface area (Å²) in [7, 11) is 0. The molecule has 0 bridgehead atoms. The highest BCUT2D eigenvalue weighted by Crippen LogP contribution is 2.21. The zero-order chi connectivity index (χ0) is 14.5. The molecule has 2 aromatic carbocycles. The van der Waals surface area contributed by atoms with E-state index in [0.717, 1.165) is 0 Å². The van der Waals surface area contributed by atoms with Crippen LogP contribution in [0.1, 0.15) is 11.7 Å². The summed E-state index contributed by atoms with van der Waals surface area (Å²) in [5.74, 6) is 0.568. The summed E-state index contributed by atoms with van der Waals surface area (Å²) in [6.45, 7) is 0.00278. The van der Waals surface area contributed by atoms with Crippen LogP contribution in [-0.4, -0.2) is 16.6 Å². The predicted molar refractivity (Wildman–Crippen MR) is 75.0 cm³/mol. The Kier molecular flexibility index (Phi) is 4.55. The molecule has 1 atom stereocenters. The number of nitro benzene ring substituents is 1. The van der Waals surface area contributed by atoms with Gasteiger partial charge < -0.3 is 9.84 Å². The summed E-state index contributed by atoms with van der Waals surface area (Å²) < 4.78 is 5.40. The number of benzene rings is 2. The zero-order valence-electron chi connectivity index (χ0n) is 10.4. The van der Waals surface area contributed by atoms with Gasteiger partial charge in [0.1, 0.15) is 18.5 Å². The predicted octanol–water partition coefficient (Wildman–Crippen LogP) is 3.36. The second kappa shape index (κ2) is 6.36. The zero-order valence-corrected chi connectivity index (χ0v) is 11.2. The molecule has 1 N–H and O–H groups in total.